The SMILES string of the molecule is CNCCC1CCN(C(=O)c2cccc(OC)c2O)CC1. The van der Waals surface area contributed by atoms with Gasteiger partial charge in [0, 0.05) is 13.1 Å². The zero-order valence-electron chi connectivity index (χ0n) is 12.8. The minimum atomic E-state index is -0.113. The van der Waals surface area contributed by atoms with Gasteiger partial charge >= 0.3 is 0 Å². The van der Waals surface area contributed by atoms with Gasteiger partial charge in [0.25, 0.3) is 5.91 Å². The number of carbonyl (C=O) groups excluding carboxylic acids is 1. The highest BCUT2D eigenvalue weighted by Crippen LogP contribution is 2.31. The number of para-hydroxylation sites is 1. The molecule has 1 fully saturated rings. The molecule has 2 rings (SSSR count). The van der Waals surface area contributed by atoms with Crippen LogP contribution in [0.1, 0.15) is 29.6 Å². The number of likely N-dealkylation sites (tertiary alicyclic amines) is 1. The Morgan fingerprint density at radius 2 is 2.14 bits per heavy atom. The number of aromatic hydroxyl groups is 1. The second-order valence-corrected chi connectivity index (χ2v) is 5.48. The first-order valence-electron chi connectivity index (χ1n) is 7.47. The molecule has 0 bridgehead atoms. The molecule has 1 heterocycles. The quantitative estimate of drug-likeness (QED) is 0.869. The van der Waals surface area contributed by atoms with Gasteiger partial charge in [-0.25, -0.2) is 0 Å². The fraction of sp³-hybridized carbons (Fsp3) is 0.562. The predicted molar refractivity (Wildman–Crippen MR) is 81.8 cm³/mol. The van der Waals surface area contributed by atoms with E-state index in [1.165, 1.54) is 7.11 Å². The summed E-state index contributed by atoms with van der Waals surface area (Å²) >= 11 is 0. The van der Waals surface area contributed by atoms with Crippen molar-refractivity contribution in [3.8, 4) is 11.5 Å². The molecule has 0 radical (unpaired) electrons. The number of carbonyl (C=O) groups is 1. The van der Waals surface area contributed by atoms with Gasteiger partial charge in [0.05, 0.1) is 12.7 Å². The topological polar surface area (TPSA) is 61.8 Å². The van der Waals surface area contributed by atoms with Crippen LogP contribution in [0.5, 0.6) is 11.5 Å². The molecule has 0 spiro atoms. The van der Waals surface area contributed by atoms with Gasteiger partial charge in [-0.05, 0) is 50.9 Å². The van der Waals surface area contributed by atoms with Crippen molar-refractivity contribution in [2.45, 2.75) is 19.3 Å². The normalized spacial score (nSPS) is 16.0. The fourth-order valence-electron chi connectivity index (χ4n) is 2.80. The number of benzene rings is 1. The maximum absolute atomic E-state index is 12.5. The van der Waals surface area contributed by atoms with Crippen LogP contribution in [-0.4, -0.2) is 49.7 Å². The molecule has 1 amide bonds. The lowest BCUT2D eigenvalue weighted by molar-refractivity contribution is 0.0683. The average Bonchev–Trinajstić information content (AvgIpc) is 2.53. The molecule has 0 saturated carbocycles. The molecule has 116 valence electrons. The van der Waals surface area contributed by atoms with Gasteiger partial charge < -0.3 is 20.1 Å². The van der Waals surface area contributed by atoms with E-state index in [9.17, 15) is 9.90 Å². The Morgan fingerprint density at radius 1 is 1.43 bits per heavy atom. The third-order valence-corrected chi connectivity index (χ3v) is 4.15. The lowest BCUT2D eigenvalue weighted by atomic mass is 9.93. The Morgan fingerprint density at radius 3 is 2.76 bits per heavy atom. The summed E-state index contributed by atoms with van der Waals surface area (Å²) in [6, 6.07) is 5.02. The van der Waals surface area contributed by atoms with E-state index in [4.69, 9.17) is 4.74 Å². The molecule has 1 aliphatic rings. The summed E-state index contributed by atoms with van der Waals surface area (Å²) in [7, 11) is 3.45. The number of ether oxygens (including phenoxy) is 1. The molecule has 0 aliphatic carbocycles. The molecule has 1 saturated heterocycles. The Hall–Kier alpha value is -1.75. The standard InChI is InChI=1S/C16H24N2O3/c1-17-9-6-12-7-10-18(11-8-12)16(20)13-4-3-5-14(21-2)15(13)19/h3-5,12,17,19H,6-11H2,1-2H3. The number of phenolic OH excluding ortho intramolecular Hbond substituents is 1. The number of phenols is 1. The summed E-state index contributed by atoms with van der Waals surface area (Å²) in [5, 5.41) is 13.2. The highest BCUT2D eigenvalue weighted by Gasteiger charge is 2.25. The Kier molecular flexibility index (Phi) is 5.44. The lowest BCUT2D eigenvalue weighted by Crippen LogP contribution is -2.39. The van der Waals surface area contributed by atoms with Crippen LogP contribution in [0.15, 0.2) is 18.2 Å². The van der Waals surface area contributed by atoms with E-state index >= 15 is 0 Å². The first-order valence-corrected chi connectivity index (χ1v) is 7.47. The van der Waals surface area contributed by atoms with Crippen LogP contribution in [0.4, 0.5) is 0 Å². The van der Waals surface area contributed by atoms with Gasteiger partial charge in [0.1, 0.15) is 0 Å². The third kappa shape index (κ3) is 3.67. The Bertz CT molecular complexity index is 482. The van der Waals surface area contributed by atoms with Crippen molar-refractivity contribution in [1.29, 1.82) is 0 Å². The van der Waals surface area contributed by atoms with Crippen LogP contribution in [-0.2, 0) is 0 Å². The zero-order valence-corrected chi connectivity index (χ0v) is 12.8. The third-order valence-electron chi connectivity index (χ3n) is 4.15. The molecular weight excluding hydrogens is 268 g/mol. The molecule has 5 nitrogen and oxygen atoms in total. The van der Waals surface area contributed by atoms with Crippen molar-refractivity contribution in [3.05, 3.63) is 23.8 Å². The largest absolute Gasteiger partial charge is 0.504 e. The van der Waals surface area contributed by atoms with Crippen molar-refractivity contribution < 1.29 is 14.6 Å². The molecule has 1 aromatic carbocycles. The minimum Gasteiger partial charge on any atom is -0.504 e. The highest BCUT2D eigenvalue weighted by molar-refractivity contribution is 5.97. The van der Waals surface area contributed by atoms with E-state index in [1.807, 2.05) is 11.9 Å². The van der Waals surface area contributed by atoms with Crippen molar-refractivity contribution >= 4 is 5.91 Å². The van der Waals surface area contributed by atoms with Crippen molar-refractivity contribution in [2.75, 3.05) is 33.8 Å². The van der Waals surface area contributed by atoms with Gasteiger partial charge in [0.15, 0.2) is 11.5 Å². The Labute approximate surface area is 125 Å². The summed E-state index contributed by atoms with van der Waals surface area (Å²) in [4.78, 5) is 14.3. The fourth-order valence-corrected chi connectivity index (χ4v) is 2.80. The van der Waals surface area contributed by atoms with Gasteiger partial charge in [0.2, 0.25) is 0 Å². The van der Waals surface area contributed by atoms with E-state index in [0.29, 0.717) is 17.2 Å². The lowest BCUT2D eigenvalue weighted by Gasteiger charge is -2.32. The van der Waals surface area contributed by atoms with E-state index in [1.54, 1.807) is 18.2 Å². The summed E-state index contributed by atoms with van der Waals surface area (Å²) in [6.45, 7) is 2.53. The first kappa shape index (κ1) is 15.6. The maximum atomic E-state index is 12.5. The van der Waals surface area contributed by atoms with Gasteiger partial charge in [-0.2, -0.15) is 0 Å². The smallest absolute Gasteiger partial charge is 0.257 e. The monoisotopic (exact) mass is 292 g/mol. The van der Waals surface area contributed by atoms with Crippen LogP contribution in [0.2, 0.25) is 0 Å². The second kappa shape index (κ2) is 7.31. The number of piperidine rings is 1. The first-order chi connectivity index (χ1) is 10.2. The number of rotatable bonds is 5. The van der Waals surface area contributed by atoms with E-state index < -0.39 is 0 Å². The van der Waals surface area contributed by atoms with E-state index in [0.717, 1.165) is 38.9 Å². The molecule has 21 heavy (non-hydrogen) atoms. The number of hydrogen-bond acceptors (Lipinski definition) is 4. The van der Waals surface area contributed by atoms with Crippen LogP contribution in [0.25, 0.3) is 0 Å². The summed E-state index contributed by atoms with van der Waals surface area (Å²) in [6.07, 6.45) is 3.21. The maximum Gasteiger partial charge on any atom is 0.257 e. The van der Waals surface area contributed by atoms with Gasteiger partial charge in [-0.15, -0.1) is 0 Å². The van der Waals surface area contributed by atoms with Crippen molar-refractivity contribution in [1.82, 2.24) is 10.2 Å². The molecule has 0 atom stereocenters. The Balaban J connectivity index is 1.99. The predicted octanol–water partition coefficient (Wildman–Crippen LogP) is 1.86. The van der Waals surface area contributed by atoms with Crippen molar-refractivity contribution in [3.63, 3.8) is 0 Å². The highest BCUT2D eigenvalue weighted by atomic mass is 16.5. The van der Waals surface area contributed by atoms with Crippen LogP contribution >= 0.6 is 0 Å². The zero-order chi connectivity index (χ0) is 15.2. The molecule has 2 N–H and O–H groups in total. The molecule has 1 aromatic rings. The second-order valence-electron chi connectivity index (χ2n) is 5.48. The number of methoxy groups -OCH3 is 1. The molecule has 0 unspecified atom stereocenters. The minimum absolute atomic E-state index is 0.0673. The summed E-state index contributed by atoms with van der Waals surface area (Å²) in [5.74, 6) is 0.839. The number of nitrogens with one attached hydrogen (secondary N) is 1. The van der Waals surface area contributed by atoms with Crippen LogP contribution < -0.4 is 10.1 Å². The molecule has 0 aromatic heterocycles. The van der Waals surface area contributed by atoms with Gasteiger partial charge in [-0.3, -0.25) is 4.79 Å². The molecule has 1 aliphatic heterocycles. The number of hydrogen-bond donors (Lipinski definition) is 2. The van der Waals surface area contributed by atoms with Crippen LogP contribution in [0.3, 0.4) is 0 Å². The molecule has 5 heteroatoms. The van der Waals surface area contributed by atoms with E-state index in [-0.39, 0.29) is 11.7 Å². The van der Waals surface area contributed by atoms with Crippen molar-refractivity contribution in [2.24, 2.45) is 5.92 Å². The van der Waals surface area contributed by atoms with Crippen LogP contribution in [0, 0.1) is 5.92 Å². The molecular formula is C16H24N2O3. The van der Waals surface area contributed by atoms with Gasteiger partial charge in [-0.1, -0.05) is 6.07 Å². The summed E-state index contributed by atoms with van der Waals surface area (Å²) in [5.41, 5.74) is 0.322. The number of amides is 1. The van der Waals surface area contributed by atoms with E-state index in [2.05, 4.69) is 5.32 Å². The average molecular weight is 292 g/mol. The summed E-state index contributed by atoms with van der Waals surface area (Å²) < 4.78 is 5.06. The number of nitrogens with zero attached hydrogens (tertiary/aromatic N) is 1.